The number of benzene rings is 2. The zero-order chi connectivity index (χ0) is 13.1. The van der Waals surface area contributed by atoms with Crippen molar-refractivity contribution >= 4 is 33.3 Å². The lowest BCUT2D eigenvalue weighted by Gasteiger charge is -2.04. The predicted molar refractivity (Wildman–Crippen MR) is 73.6 cm³/mol. The summed E-state index contributed by atoms with van der Waals surface area (Å²) in [4.78, 5) is 12.0. The van der Waals surface area contributed by atoms with E-state index in [0.717, 1.165) is 10.0 Å². The van der Waals surface area contributed by atoms with Crippen molar-refractivity contribution in [2.24, 2.45) is 0 Å². The summed E-state index contributed by atoms with van der Waals surface area (Å²) >= 11 is 9.07. The highest BCUT2D eigenvalue weighted by Crippen LogP contribution is 2.18. The van der Waals surface area contributed by atoms with E-state index in [0.29, 0.717) is 5.02 Å². The summed E-state index contributed by atoms with van der Waals surface area (Å²) in [6, 6.07) is 11.3. The largest absolute Gasteiger partial charge is 0.294 e. The zero-order valence-electron chi connectivity index (χ0n) is 9.29. The molecular formula is C14H9BrClFO. The lowest BCUT2D eigenvalue weighted by Crippen LogP contribution is -2.06. The molecule has 0 aliphatic carbocycles. The van der Waals surface area contributed by atoms with Crippen LogP contribution in [0.2, 0.25) is 5.02 Å². The van der Waals surface area contributed by atoms with Crippen molar-refractivity contribution in [3.8, 4) is 0 Å². The second-order valence-electron chi connectivity index (χ2n) is 3.85. The molecule has 4 heteroatoms. The Morgan fingerprint density at radius 1 is 1.17 bits per heavy atom. The molecule has 0 N–H and O–H groups in total. The minimum atomic E-state index is -0.540. The average Bonchev–Trinajstić information content (AvgIpc) is 2.35. The first-order valence-electron chi connectivity index (χ1n) is 5.29. The van der Waals surface area contributed by atoms with E-state index in [1.54, 1.807) is 0 Å². The molecular weight excluding hydrogens is 319 g/mol. The fourth-order valence-electron chi connectivity index (χ4n) is 1.59. The van der Waals surface area contributed by atoms with Gasteiger partial charge in [0.1, 0.15) is 5.82 Å². The van der Waals surface area contributed by atoms with Crippen LogP contribution in [-0.4, -0.2) is 5.78 Å². The maximum atomic E-state index is 13.5. The second-order valence-corrected chi connectivity index (χ2v) is 5.20. The number of hydrogen-bond donors (Lipinski definition) is 0. The molecule has 18 heavy (non-hydrogen) atoms. The molecule has 2 aromatic rings. The van der Waals surface area contributed by atoms with Crippen molar-refractivity contribution in [3.63, 3.8) is 0 Å². The number of ketones is 1. The fraction of sp³-hybridized carbons (Fsp3) is 0.0714. The molecule has 0 spiro atoms. The van der Waals surface area contributed by atoms with Crippen LogP contribution in [0.5, 0.6) is 0 Å². The number of hydrogen-bond acceptors (Lipinski definition) is 1. The molecule has 0 aliphatic rings. The van der Waals surface area contributed by atoms with E-state index in [1.807, 2.05) is 24.3 Å². The summed E-state index contributed by atoms with van der Waals surface area (Å²) in [6.45, 7) is 0. The van der Waals surface area contributed by atoms with Gasteiger partial charge in [0.2, 0.25) is 0 Å². The third-order valence-electron chi connectivity index (χ3n) is 2.51. The van der Waals surface area contributed by atoms with Gasteiger partial charge in [-0.1, -0.05) is 39.7 Å². The molecule has 92 valence electrons. The van der Waals surface area contributed by atoms with E-state index in [9.17, 15) is 9.18 Å². The highest BCUT2D eigenvalue weighted by molar-refractivity contribution is 9.10. The van der Waals surface area contributed by atoms with Crippen LogP contribution < -0.4 is 0 Å². The summed E-state index contributed by atoms with van der Waals surface area (Å²) in [5, 5.41) is 0.357. The highest BCUT2D eigenvalue weighted by atomic mass is 79.9. The van der Waals surface area contributed by atoms with Gasteiger partial charge in [-0.2, -0.15) is 0 Å². The third-order valence-corrected chi connectivity index (χ3v) is 3.27. The Morgan fingerprint density at radius 3 is 2.50 bits per heavy atom. The van der Waals surface area contributed by atoms with Gasteiger partial charge in [0, 0.05) is 15.9 Å². The molecule has 0 atom stereocenters. The monoisotopic (exact) mass is 326 g/mol. The molecule has 0 fully saturated rings. The average molecular weight is 328 g/mol. The Morgan fingerprint density at radius 2 is 1.83 bits per heavy atom. The van der Waals surface area contributed by atoms with E-state index in [1.165, 1.54) is 18.2 Å². The van der Waals surface area contributed by atoms with Gasteiger partial charge >= 0.3 is 0 Å². The normalized spacial score (nSPS) is 10.4. The van der Waals surface area contributed by atoms with Gasteiger partial charge < -0.3 is 0 Å². The van der Waals surface area contributed by atoms with Gasteiger partial charge in [-0.25, -0.2) is 4.39 Å². The first-order valence-corrected chi connectivity index (χ1v) is 6.46. The van der Waals surface area contributed by atoms with E-state index < -0.39 is 5.82 Å². The number of rotatable bonds is 3. The molecule has 0 bridgehead atoms. The van der Waals surface area contributed by atoms with Crippen LogP contribution in [0.4, 0.5) is 4.39 Å². The van der Waals surface area contributed by atoms with Crippen molar-refractivity contribution in [2.45, 2.75) is 6.42 Å². The summed E-state index contributed by atoms with van der Waals surface area (Å²) in [6.07, 6.45) is 0.157. The van der Waals surface area contributed by atoms with E-state index in [-0.39, 0.29) is 17.8 Å². The molecule has 0 heterocycles. The molecule has 0 radical (unpaired) electrons. The van der Waals surface area contributed by atoms with Crippen molar-refractivity contribution in [2.75, 3.05) is 0 Å². The SMILES string of the molecule is O=C(Cc1ccc(Br)cc1)c1cc(Cl)ccc1F. The number of carbonyl (C=O) groups excluding carboxylic acids is 1. The van der Waals surface area contributed by atoms with Crippen LogP contribution in [0.3, 0.4) is 0 Å². The summed E-state index contributed by atoms with van der Waals surface area (Å²) in [5.74, 6) is -0.821. The van der Waals surface area contributed by atoms with Gasteiger partial charge in [0.15, 0.2) is 5.78 Å². The lowest BCUT2D eigenvalue weighted by atomic mass is 10.0. The Kier molecular flexibility index (Phi) is 4.15. The highest BCUT2D eigenvalue weighted by Gasteiger charge is 2.12. The van der Waals surface area contributed by atoms with Crippen molar-refractivity contribution in [1.29, 1.82) is 0 Å². The van der Waals surface area contributed by atoms with Crippen LogP contribution in [0.1, 0.15) is 15.9 Å². The smallest absolute Gasteiger partial charge is 0.170 e. The molecule has 1 nitrogen and oxygen atoms in total. The standard InChI is InChI=1S/C14H9BrClFO/c15-10-3-1-9(2-4-10)7-14(18)12-8-11(16)5-6-13(12)17/h1-6,8H,7H2. The number of Topliss-reactive ketones (excluding diaryl/α,β-unsaturated/α-hetero) is 1. The third kappa shape index (κ3) is 3.18. The van der Waals surface area contributed by atoms with Crippen molar-refractivity contribution in [3.05, 3.63) is 68.9 Å². The van der Waals surface area contributed by atoms with Crippen LogP contribution >= 0.6 is 27.5 Å². The Bertz CT molecular complexity index is 581. The number of halogens is 3. The van der Waals surface area contributed by atoms with Crippen molar-refractivity contribution < 1.29 is 9.18 Å². The molecule has 2 aromatic carbocycles. The maximum Gasteiger partial charge on any atom is 0.170 e. The van der Waals surface area contributed by atoms with Gasteiger partial charge in [0.25, 0.3) is 0 Å². The van der Waals surface area contributed by atoms with Crippen LogP contribution in [-0.2, 0) is 6.42 Å². The maximum absolute atomic E-state index is 13.5. The number of carbonyl (C=O) groups is 1. The van der Waals surface area contributed by atoms with Crippen molar-refractivity contribution in [1.82, 2.24) is 0 Å². The summed E-state index contributed by atoms with van der Waals surface area (Å²) in [5.41, 5.74) is 0.869. The predicted octanol–water partition coefficient (Wildman–Crippen LogP) is 4.67. The Balaban J connectivity index is 2.21. The zero-order valence-corrected chi connectivity index (χ0v) is 11.6. The van der Waals surface area contributed by atoms with Gasteiger partial charge in [0.05, 0.1) is 5.56 Å². The Labute approximate surface area is 118 Å². The van der Waals surface area contributed by atoms with E-state index in [2.05, 4.69) is 15.9 Å². The quantitative estimate of drug-likeness (QED) is 0.749. The van der Waals surface area contributed by atoms with Gasteiger partial charge in [-0.05, 0) is 35.9 Å². The molecule has 0 aromatic heterocycles. The van der Waals surface area contributed by atoms with Gasteiger partial charge in [-0.3, -0.25) is 4.79 Å². The molecule has 0 amide bonds. The Hall–Kier alpha value is -1.19. The fourth-order valence-corrected chi connectivity index (χ4v) is 2.03. The van der Waals surface area contributed by atoms with E-state index >= 15 is 0 Å². The van der Waals surface area contributed by atoms with E-state index in [4.69, 9.17) is 11.6 Å². The van der Waals surface area contributed by atoms with Gasteiger partial charge in [-0.15, -0.1) is 0 Å². The molecule has 0 saturated heterocycles. The first-order chi connectivity index (χ1) is 8.56. The van der Waals surface area contributed by atoms with Crippen LogP contribution in [0, 0.1) is 5.82 Å². The first kappa shape index (κ1) is 13.2. The van der Waals surface area contributed by atoms with Crippen LogP contribution in [0.15, 0.2) is 46.9 Å². The molecule has 0 unspecified atom stereocenters. The molecule has 0 aliphatic heterocycles. The summed E-state index contributed by atoms with van der Waals surface area (Å²) < 4.78 is 14.4. The minimum absolute atomic E-state index is 0.0328. The lowest BCUT2D eigenvalue weighted by molar-refractivity contribution is 0.0989. The molecule has 2 rings (SSSR count). The second kappa shape index (κ2) is 5.63. The van der Waals surface area contributed by atoms with Crippen LogP contribution in [0.25, 0.3) is 0 Å². The topological polar surface area (TPSA) is 17.1 Å². The minimum Gasteiger partial charge on any atom is -0.294 e. The summed E-state index contributed by atoms with van der Waals surface area (Å²) in [7, 11) is 0. The molecule has 0 saturated carbocycles.